The van der Waals surface area contributed by atoms with Gasteiger partial charge in [-0.1, -0.05) is 24.9 Å². The number of alkyl halides is 1. The molecule has 0 aliphatic heterocycles. The van der Waals surface area contributed by atoms with Gasteiger partial charge in [0, 0.05) is 39.3 Å². The molecule has 0 aliphatic rings. The molecule has 0 atom stereocenters. The molecular weight excluding hydrogens is 544 g/mol. The topological polar surface area (TPSA) is 212 Å². The molecule has 14 nitrogen and oxygen atoms in total. The predicted octanol–water partition coefficient (Wildman–Crippen LogP) is -1.73. The molecule has 0 aromatic rings. The van der Waals surface area contributed by atoms with E-state index in [0.29, 0.717) is 0 Å². The van der Waals surface area contributed by atoms with E-state index < -0.39 is 40.5 Å². The number of halogens is 1. The molecule has 19 heteroatoms. The van der Waals surface area contributed by atoms with Crippen LogP contribution in [0, 0.1) is 0 Å². The third-order valence-electron chi connectivity index (χ3n) is 2.59. The van der Waals surface area contributed by atoms with E-state index in [9.17, 15) is 33.7 Å². The minimum absolute atomic E-state index is 0.182. The molecule has 0 heterocycles. The lowest BCUT2D eigenvalue weighted by molar-refractivity contribution is -0.623. The Balaban J connectivity index is -0.000000117. The van der Waals surface area contributed by atoms with Gasteiger partial charge in [-0.15, -0.1) is 11.6 Å². The molecule has 0 rings (SSSR count). The van der Waals surface area contributed by atoms with E-state index in [1.807, 2.05) is 6.92 Å². The molecular formula is C14H43ClN6O8S4. The fraction of sp³-hybridized carbons (Fsp3) is 1.00. The second-order valence-electron chi connectivity index (χ2n) is 5.56. The van der Waals surface area contributed by atoms with E-state index in [1.54, 1.807) is 13.8 Å². The maximum atomic E-state index is 11.0. The summed E-state index contributed by atoms with van der Waals surface area (Å²) in [5.74, 6) is 0.722. The van der Waals surface area contributed by atoms with E-state index in [2.05, 4.69) is 29.1 Å². The summed E-state index contributed by atoms with van der Waals surface area (Å²) in [6.45, 7) is 8.78. The molecule has 0 aliphatic carbocycles. The van der Waals surface area contributed by atoms with Crippen molar-refractivity contribution in [3.8, 4) is 0 Å². The molecule has 0 bridgehead atoms. The summed E-state index contributed by atoms with van der Waals surface area (Å²) in [5.41, 5.74) is 4.50. The smallest absolute Gasteiger partial charge is 0.292 e. The van der Waals surface area contributed by atoms with Crippen LogP contribution in [0.5, 0.6) is 0 Å². The Morgan fingerprint density at radius 3 is 1.33 bits per heavy atom. The highest BCUT2D eigenvalue weighted by Crippen LogP contribution is 2.10. The van der Waals surface area contributed by atoms with Gasteiger partial charge in [-0.2, -0.15) is 12.7 Å². The average Bonchev–Trinajstić information content (AvgIpc) is 2.65. The first kappa shape index (κ1) is 43.0. The molecule has 0 fully saturated rings. The van der Waals surface area contributed by atoms with Gasteiger partial charge in [-0.3, -0.25) is 0 Å². The van der Waals surface area contributed by atoms with Crippen LogP contribution in [0.15, 0.2) is 0 Å². The molecule has 5 N–H and O–H groups in total. The first-order valence-corrected chi connectivity index (χ1v) is 16.6. The van der Waals surface area contributed by atoms with Crippen LogP contribution < -0.4 is 15.2 Å². The zero-order valence-corrected chi connectivity index (χ0v) is 25.1. The molecule has 33 heavy (non-hydrogen) atoms. The van der Waals surface area contributed by atoms with Crippen molar-refractivity contribution < 1.29 is 39.0 Å². The summed E-state index contributed by atoms with van der Waals surface area (Å²) >= 11 is 5.00. The number of quaternary nitrogens is 1. The number of sulfonamides is 2. The SMILES string of the molecule is CCCl.CCN(C)S(=O)(=O)NS(C)(=O)=O.CCN(C)S(=O)(=O)[N-]S(C)(=O)=O.CC[NH2+]C.CN. The van der Waals surface area contributed by atoms with Crippen LogP contribution >= 0.6 is 11.6 Å². The van der Waals surface area contributed by atoms with E-state index in [4.69, 9.17) is 11.6 Å². The normalized spacial score (nSPS) is 11.6. The number of hydrogen-bond donors (Lipinski definition) is 3. The van der Waals surface area contributed by atoms with Gasteiger partial charge in [0.25, 0.3) is 10.2 Å². The maximum absolute atomic E-state index is 11.0. The fourth-order valence-corrected chi connectivity index (χ4v) is 5.35. The Kier molecular flexibility index (Phi) is 29.1. The predicted molar refractivity (Wildman–Crippen MR) is 136 cm³/mol. The third kappa shape index (κ3) is 34.1. The van der Waals surface area contributed by atoms with Gasteiger partial charge in [0.1, 0.15) is 10.2 Å². The molecule has 0 saturated carbocycles. The van der Waals surface area contributed by atoms with E-state index in [1.165, 1.54) is 31.8 Å². The van der Waals surface area contributed by atoms with Gasteiger partial charge in [-0.05, 0) is 14.0 Å². The Labute approximate surface area is 207 Å². The average molecular weight is 587 g/mol. The van der Waals surface area contributed by atoms with Gasteiger partial charge in [0.05, 0.1) is 29.9 Å². The minimum atomic E-state index is -4.00. The lowest BCUT2D eigenvalue weighted by Crippen LogP contribution is -2.78. The van der Waals surface area contributed by atoms with Crippen LogP contribution in [-0.4, -0.2) is 108 Å². The van der Waals surface area contributed by atoms with E-state index in [0.717, 1.165) is 27.0 Å². The van der Waals surface area contributed by atoms with Gasteiger partial charge in [-0.25, -0.2) is 29.6 Å². The van der Waals surface area contributed by atoms with Crippen LogP contribution in [0.3, 0.4) is 0 Å². The van der Waals surface area contributed by atoms with Crippen molar-refractivity contribution in [1.82, 2.24) is 12.7 Å². The monoisotopic (exact) mass is 586 g/mol. The summed E-state index contributed by atoms with van der Waals surface area (Å²) in [6, 6.07) is 0. The standard InChI is InChI=1S/C4H12N2O4S2.C4H11N2O4S2.C3H9N.C2H5Cl.CH5N/c2*1-4-6(2)12(9,10)5-11(3,7)8;1-3-4-2;1-2-3;1-2/h5H,4H2,1-3H3;4H2,1-3H3;4H,3H2,1-2H3;2H2,1H3;2H2,1H3/q;-1;;;/p+1. The number of nitrogens with two attached hydrogens (primary N) is 2. The highest BCUT2D eigenvalue weighted by molar-refractivity contribution is 8.10. The highest BCUT2D eigenvalue weighted by Gasteiger charge is 2.20. The first-order chi connectivity index (χ1) is 14.7. The maximum Gasteiger partial charge on any atom is 0.292 e. The van der Waals surface area contributed by atoms with E-state index in [-0.39, 0.29) is 13.1 Å². The summed E-state index contributed by atoms with van der Waals surface area (Å²) < 4.78 is 92.0. The largest absolute Gasteiger partial charge is 0.423 e. The Morgan fingerprint density at radius 2 is 1.15 bits per heavy atom. The Morgan fingerprint density at radius 1 is 0.848 bits per heavy atom. The quantitative estimate of drug-likeness (QED) is 0.261. The molecule has 0 saturated heterocycles. The molecule has 208 valence electrons. The zero-order chi connectivity index (χ0) is 28.1. The van der Waals surface area contributed by atoms with Crippen LogP contribution in [0.25, 0.3) is 4.13 Å². The molecule has 0 aromatic carbocycles. The van der Waals surface area contributed by atoms with Crippen LogP contribution in [0.1, 0.15) is 27.7 Å². The van der Waals surface area contributed by atoms with Crippen LogP contribution in [0.2, 0.25) is 0 Å². The summed E-state index contributed by atoms with van der Waals surface area (Å²) in [5, 5.41) is 2.12. The van der Waals surface area contributed by atoms with Crippen molar-refractivity contribution in [3.63, 3.8) is 0 Å². The third-order valence-corrected chi connectivity index (χ3v) is 8.60. The Hall–Kier alpha value is -0.150. The number of hydrogen-bond acceptors (Lipinski definition) is 9. The lowest BCUT2D eigenvalue weighted by atomic mass is 10.8. The minimum Gasteiger partial charge on any atom is -0.423 e. The molecule has 0 aromatic heterocycles. The number of rotatable bonds is 9. The van der Waals surface area contributed by atoms with Crippen LogP contribution in [0.4, 0.5) is 0 Å². The summed E-state index contributed by atoms with van der Waals surface area (Å²) in [7, 11) is -9.33. The van der Waals surface area contributed by atoms with Crippen molar-refractivity contribution in [2.75, 3.05) is 66.2 Å². The number of nitrogens with one attached hydrogen (secondary N) is 1. The van der Waals surface area contributed by atoms with Crippen molar-refractivity contribution in [2.24, 2.45) is 5.73 Å². The fourth-order valence-electron chi connectivity index (χ4n) is 0.816. The lowest BCUT2D eigenvalue weighted by Gasteiger charge is -2.24. The molecule has 0 unspecified atom stereocenters. The van der Waals surface area contributed by atoms with Gasteiger partial charge in [0.15, 0.2) is 0 Å². The summed E-state index contributed by atoms with van der Waals surface area (Å²) in [4.78, 5) is 0. The molecule has 0 radical (unpaired) electrons. The summed E-state index contributed by atoms with van der Waals surface area (Å²) in [6.07, 6.45) is 1.52. The number of nitrogens with zero attached hydrogens (tertiary/aromatic N) is 3. The van der Waals surface area contributed by atoms with Crippen molar-refractivity contribution in [2.45, 2.75) is 27.7 Å². The highest BCUT2D eigenvalue weighted by atomic mass is 35.5. The second kappa shape index (κ2) is 22.3. The van der Waals surface area contributed by atoms with Gasteiger partial charge < -0.3 is 15.2 Å². The second-order valence-corrected chi connectivity index (χ2v) is 13.5. The van der Waals surface area contributed by atoms with Crippen molar-refractivity contribution in [1.29, 1.82) is 0 Å². The molecule has 0 spiro atoms. The van der Waals surface area contributed by atoms with E-state index >= 15 is 0 Å². The van der Waals surface area contributed by atoms with Gasteiger partial charge in [0.2, 0.25) is 10.0 Å². The zero-order valence-electron chi connectivity index (χ0n) is 21.1. The van der Waals surface area contributed by atoms with Crippen molar-refractivity contribution in [3.05, 3.63) is 4.13 Å². The Bertz CT molecular complexity index is 793. The molecule has 0 amide bonds. The van der Waals surface area contributed by atoms with Gasteiger partial charge >= 0.3 is 0 Å². The first-order valence-electron chi connectivity index (χ1n) is 9.47. The van der Waals surface area contributed by atoms with Crippen LogP contribution in [-0.2, 0) is 40.5 Å². The van der Waals surface area contributed by atoms with Crippen molar-refractivity contribution >= 4 is 52.1 Å².